The smallest absolute Gasteiger partial charge is 0.264 e. The van der Waals surface area contributed by atoms with Gasteiger partial charge in [0.15, 0.2) is 0 Å². The molecule has 0 spiro atoms. The van der Waals surface area contributed by atoms with Gasteiger partial charge >= 0.3 is 0 Å². The zero-order valence-electron chi connectivity index (χ0n) is 23.7. The third kappa shape index (κ3) is 8.24. The third-order valence-corrected chi connectivity index (χ3v) is 9.36. The molecule has 3 rings (SSSR count). The van der Waals surface area contributed by atoms with Gasteiger partial charge in [-0.05, 0) is 75.2 Å². The molecule has 3 aromatic carbocycles. The number of amides is 2. The summed E-state index contributed by atoms with van der Waals surface area (Å²) in [6.45, 7) is 6.87. The number of anilines is 1. The number of ether oxygens (including phenoxy) is 1. The molecule has 0 aliphatic carbocycles. The molecule has 0 aromatic heterocycles. The fraction of sp³-hybridized carbons (Fsp3) is 0.333. The maximum absolute atomic E-state index is 14.0. The number of benzene rings is 3. The molecular formula is C30H35BrClN3O5S. The van der Waals surface area contributed by atoms with Crippen LogP contribution in [0.15, 0.2) is 76.1 Å². The molecular weight excluding hydrogens is 630 g/mol. The molecule has 3 aromatic rings. The minimum atomic E-state index is -4.20. The lowest BCUT2D eigenvalue weighted by molar-refractivity contribution is -0.139. The number of carbonyl (C=O) groups is 2. The van der Waals surface area contributed by atoms with Gasteiger partial charge in [-0.1, -0.05) is 64.3 Å². The highest BCUT2D eigenvalue weighted by atomic mass is 79.9. The molecule has 0 unspecified atom stereocenters. The molecule has 0 saturated carbocycles. The van der Waals surface area contributed by atoms with Crippen molar-refractivity contribution in [2.75, 3.05) is 18.0 Å². The van der Waals surface area contributed by atoms with Crippen molar-refractivity contribution in [1.82, 2.24) is 10.2 Å². The molecule has 0 heterocycles. The van der Waals surface area contributed by atoms with Crippen LogP contribution in [-0.2, 0) is 26.2 Å². The maximum atomic E-state index is 14.0. The van der Waals surface area contributed by atoms with Crippen LogP contribution in [0, 0.1) is 6.92 Å². The molecule has 1 N–H and O–H groups in total. The SMILES string of the molecule is CC[C@H](C)NC(=O)[C@H](C)N(Cc1ccc(Br)cc1)C(=O)CN(c1ccc(OC)c(Cl)c1)S(=O)(=O)c1ccc(C)cc1. The zero-order valence-corrected chi connectivity index (χ0v) is 26.9. The largest absolute Gasteiger partial charge is 0.495 e. The van der Waals surface area contributed by atoms with Gasteiger partial charge in [0.1, 0.15) is 18.3 Å². The molecule has 41 heavy (non-hydrogen) atoms. The Labute approximate surface area is 255 Å². The van der Waals surface area contributed by atoms with E-state index in [1.54, 1.807) is 25.1 Å². The van der Waals surface area contributed by atoms with E-state index in [1.807, 2.05) is 45.0 Å². The van der Waals surface area contributed by atoms with Gasteiger partial charge in [0.25, 0.3) is 10.0 Å². The van der Waals surface area contributed by atoms with E-state index in [2.05, 4.69) is 21.2 Å². The van der Waals surface area contributed by atoms with Gasteiger partial charge in [0.2, 0.25) is 11.8 Å². The van der Waals surface area contributed by atoms with Gasteiger partial charge in [-0.3, -0.25) is 13.9 Å². The van der Waals surface area contributed by atoms with Crippen molar-refractivity contribution >= 4 is 55.1 Å². The Morgan fingerprint density at radius 1 is 1.02 bits per heavy atom. The number of carbonyl (C=O) groups excluding carboxylic acids is 2. The summed E-state index contributed by atoms with van der Waals surface area (Å²) in [6.07, 6.45) is 0.722. The zero-order chi connectivity index (χ0) is 30.3. The predicted molar refractivity (Wildman–Crippen MR) is 166 cm³/mol. The average Bonchev–Trinajstić information content (AvgIpc) is 2.95. The van der Waals surface area contributed by atoms with Crippen LogP contribution < -0.4 is 14.4 Å². The number of hydrogen-bond donors (Lipinski definition) is 1. The number of aryl methyl sites for hydroxylation is 1. The lowest BCUT2D eigenvalue weighted by atomic mass is 10.1. The van der Waals surface area contributed by atoms with E-state index in [1.165, 1.54) is 36.3 Å². The molecule has 0 bridgehead atoms. The van der Waals surface area contributed by atoms with Crippen LogP contribution >= 0.6 is 27.5 Å². The van der Waals surface area contributed by atoms with E-state index in [0.29, 0.717) is 5.75 Å². The Hall–Kier alpha value is -3.08. The molecule has 11 heteroatoms. The summed E-state index contributed by atoms with van der Waals surface area (Å²) in [4.78, 5) is 28.6. The van der Waals surface area contributed by atoms with Crippen molar-refractivity contribution in [2.45, 2.75) is 57.6 Å². The van der Waals surface area contributed by atoms with Crippen molar-refractivity contribution in [1.29, 1.82) is 0 Å². The summed E-state index contributed by atoms with van der Waals surface area (Å²) in [5.74, 6) is -0.519. The topological polar surface area (TPSA) is 96.0 Å². The maximum Gasteiger partial charge on any atom is 0.264 e. The van der Waals surface area contributed by atoms with Crippen molar-refractivity contribution in [3.8, 4) is 5.75 Å². The van der Waals surface area contributed by atoms with E-state index < -0.39 is 28.5 Å². The molecule has 2 amide bonds. The van der Waals surface area contributed by atoms with Gasteiger partial charge in [0.05, 0.1) is 22.7 Å². The van der Waals surface area contributed by atoms with Crippen LogP contribution in [0.2, 0.25) is 5.02 Å². The first-order valence-electron chi connectivity index (χ1n) is 13.1. The van der Waals surface area contributed by atoms with Crippen molar-refractivity contribution in [3.63, 3.8) is 0 Å². The van der Waals surface area contributed by atoms with E-state index in [4.69, 9.17) is 16.3 Å². The van der Waals surface area contributed by atoms with Crippen molar-refractivity contribution in [2.24, 2.45) is 0 Å². The Kier molecular flexibility index (Phi) is 11.2. The van der Waals surface area contributed by atoms with Gasteiger partial charge in [0, 0.05) is 17.1 Å². The number of hydrogen-bond acceptors (Lipinski definition) is 5. The number of rotatable bonds is 12. The highest BCUT2D eigenvalue weighted by molar-refractivity contribution is 9.10. The molecule has 8 nitrogen and oxygen atoms in total. The second kappa shape index (κ2) is 14.2. The molecule has 0 aliphatic heterocycles. The van der Waals surface area contributed by atoms with E-state index in [-0.39, 0.29) is 34.1 Å². The minimum Gasteiger partial charge on any atom is -0.495 e. The Morgan fingerprint density at radius 3 is 2.22 bits per heavy atom. The molecule has 0 fully saturated rings. The second-order valence-electron chi connectivity index (χ2n) is 9.79. The summed E-state index contributed by atoms with van der Waals surface area (Å²) in [7, 11) is -2.75. The fourth-order valence-electron chi connectivity index (χ4n) is 4.01. The predicted octanol–water partition coefficient (Wildman–Crippen LogP) is 5.95. The van der Waals surface area contributed by atoms with Gasteiger partial charge in [-0.25, -0.2) is 8.42 Å². The fourth-order valence-corrected chi connectivity index (χ4v) is 5.93. The lowest BCUT2D eigenvalue weighted by Crippen LogP contribution is -2.52. The number of sulfonamides is 1. The summed E-state index contributed by atoms with van der Waals surface area (Å²) in [6, 6.07) is 17.3. The molecule has 0 radical (unpaired) electrons. The van der Waals surface area contributed by atoms with Gasteiger partial charge < -0.3 is 15.0 Å². The first-order valence-corrected chi connectivity index (χ1v) is 15.8. The van der Waals surface area contributed by atoms with Gasteiger partial charge in [-0.15, -0.1) is 0 Å². The lowest BCUT2D eigenvalue weighted by Gasteiger charge is -2.32. The summed E-state index contributed by atoms with van der Waals surface area (Å²) >= 11 is 9.78. The monoisotopic (exact) mass is 663 g/mol. The number of halogens is 2. The summed E-state index contributed by atoms with van der Waals surface area (Å²) in [5, 5.41) is 3.11. The van der Waals surface area contributed by atoms with Crippen LogP contribution in [0.4, 0.5) is 5.69 Å². The quantitative estimate of drug-likeness (QED) is 0.258. The molecule has 0 saturated heterocycles. The number of methoxy groups -OCH3 is 1. The second-order valence-corrected chi connectivity index (χ2v) is 13.0. The molecule has 0 aliphatic rings. The third-order valence-electron chi connectivity index (χ3n) is 6.75. The van der Waals surface area contributed by atoms with E-state index in [9.17, 15) is 18.0 Å². The van der Waals surface area contributed by atoms with Crippen LogP contribution in [0.1, 0.15) is 38.3 Å². The van der Waals surface area contributed by atoms with Crippen molar-refractivity contribution < 1.29 is 22.7 Å². The highest BCUT2D eigenvalue weighted by Crippen LogP contribution is 2.32. The van der Waals surface area contributed by atoms with Crippen LogP contribution in [0.25, 0.3) is 0 Å². The Balaban J connectivity index is 2.06. The summed E-state index contributed by atoms with van der Waals surface area (Å²) in [5.41, 5.74) is 1.86. The van der Waals surface area contributed by atoms with Crippen LogP contribution in [-0.4, -0.2) is 50.9 Å². The van der Waals surface area contributed by atoms with E-state index in [0.717, 1.165) is 26.3 Å². The first kappa shape index (κ1) is 32.4. The Morgan fingerprint density at radius 2 is 1.66 bits per heavy atom. The first-order chi connectivity index (χ1) is 19.4. The number of nitrogens with zero attached hydrogens (tertiary/aromatic N) is 2. The van der Waals surface area contributed by atoms with Crippen LogP contribution in [0.5, 0.6) is 5.75 Å². The normalized spacial score (nSPS) is 12.8. The van der Waals surface area contributed by atoms with E-state index >= 15 is 0 Å². The standard InChI is InChI=1S/C30H35BrClN3O5S/c1-6-21(3)33-30(37)22(4)34(18-23-9-11-24(31)12-10-23)29(36)19-35(25-13-16-28(40-5)27(32)17-25)41(38,39)26-14-7-20(2)8-15-26/h7-17,21-22H,6,18-19H2,1-5H3,(H,33,37)/t21-,22-/m0/s1. The molecule has 2 atom stereocenters. The minimum absolute atomic E-state index is 0.0184. The van der Waals surface area contributed by atoms with Gasteiger partial charge in [-0.2, -0.15) is 0 Å². The highest BCUT2D eigenvalue weighted by Gasteiger charge is 2.33. The van der Waals surface area contributed by atoms with Crippen molar-refractivity contribution in [3.05, 3.63) is 87.4 Å². The Bertz CT molecular complexity index is 1470. The summed E-state index contributed by atoms with van der Waals surface area (Å²) < 4.78 is 35.0. The number of nitrogens with one attached hydrogen (secondary N) is 1. The average molecular weight is 665 g/mol. The molecule has 220 valence electrons. The van der Waals surface area contributed by atoms with Crippen LogP contribution in [0.3, 0.4) is 0 Å².